The number of hydrogen-bond donors (Lipinski definition) is 1. The Bertz CT molecular complexity index is 1100. The highest BCUT2D eigenvalue weighted by Gasteiger charge is 2.20. The van der Waals surface area contributed by atoms with Gasteiger partial charge in [-0.05, 0) is 69.5 Å². The van der Waals surface area contributed by atoms with Crippen molar-refractivity contribution < 1.29 is 9.53 Å². The van der Waals surface area contributed by atoms with Crippen LogP contribution in [0.3, 0.4) is 0 Å². The first kappa shape index (κ1) is 23.6. The normalized spacial score (nSPS) is 11.8. The average Bonchev–Trinajstić information content (AvgIpc) is 3.11. The van der Waals surface area contributed by atoms with Crippen LogP contribution < -0.4 is 10.1 Å². The molecule has 1 aromatic heterocycles. The number of hydrogen-bond acceptors (Lipinski definition) is 5. The fourth-order valence-electron chi connectivity index (χ4n) is 3.54. The van der Waals surface area contributed by atoms with E-state index in [9.17, 15) is 4.79 Å². The molecule has 0 aliphatic heterocycles. The van der Waals surface area contributed by atoms with E-state index in [4.69, 9.17) is 4.74 Å². The SMILES string of the molecule is C=CCn1c(SCC(=O)Nc2ccc(C)cc2C)nnc1C(C)Oc1cc(C)cc(C)c1. The molecule has 1 N–H and O–H groups in total. The minimum absolute atomic E-state index is 0.0869. The van der Waals surface area contributed by atoms with Crippen LogP contribution in [0.5, 0.6) is 5.75 Å². The van der Waals surface area contributed by atoms with Gasteiger partial charge in [-0.1, -0.05) is 41.6 Å². The second-order valence-electron chi connectivity index (χ2n) is 7.98. The van der Waals surface area contributed by atoms with Gasteiger partial charge in [0, 0.05) is 12.2 Å². The zero-order chi connectivity index (χ0) is 23.3. The van der Waals surface area contributed by atoms with Gasteiger partial charge in [-0.3, -0.25) is 9.36 Å². The largest absolute Gasteiger partial charge is 0.483 e. The van der Waals surface area contributed by atoms with E-state index in [2.05, 4.69) is 28.2 Å². The Morgan fingerprint density at radius 1 is 1.12 bits per heavy atom. The van der Waals surface area contributed by atoms with Crippen LogP contribution in [0, 0.1) is 27.7 Å². The minimum Gasteiger partial charge on any atom is -0.483 e. The van der Waals surface area contributed by atoms with Crippen molar-refractivity contribution in [2.45, 2.75) is 52.4 Å². The van der Waals surface area contributed by atoms with Gasteiger partial charge in [-0.25, -0.2) is 0 Å². The maximum absolute atomic E-state index is 12.5. The van der Waals surface area contributed by atoms with Crippen molar-refractivity contribution in [2.24, 2.45) is 0 Å². The van der Waals surface area contributed by atoms with Gasteiger partial charge in [0.2, 0.25) is 5.91 Å². The summed E-state index contributed by atoms with van der Waals surface area (Å²) < 4.78 is 8.08. The Morgan fingerprint density at radius 2 is 1.84 bits per heavy atom. The molecule has 0 saturated carbocycles. The van der Waals surface area contributed by atoms with E-state index < -0.39 is 0 Å². The summed E-state index contributed by atoms with van der Waals surface area (Å²) in [6.07, 6.45) is 1.48. The lowest BCUT2D eigenvalue weighted by Gasteiger charge is -2.16. The number of amides is 1. The molecule has 32 heavy (non-hydrogen) atoms. The summed E-state index contributed by atoms with van der Waals surface area (Å²) in [6.45, 7) is 14.4. The van der Waals surface area contributed by atoms with Crippen LogP contribution in [0.15, 0.2) is 54.2 Å². The number of nitrogens with one attached hydrogen (secondary N) is 1. The highest BCUT2D eigenvalue weighted by atomic mass is 32.2. The topological polar surface area (TPSA) is 69.0 Å². The van der Waals surface area contributed by atoms with Gasteiger partial charge in [-0.2, -0.15) is 0 Å². The lowest BCUT2D eigenvalue weighted by atomic mass is 10.1. The molecule has 1 atom stereocenters. The predicted molar refractivity (Wildman–Crippen MR) is 130 cm³/mol. The maximum atomic E-state index is 12.5. The quantitative estimate of drug-likeness (QED) is 0.341. The molecule has 3 rings (SSSR count). The first-order valence-electron chi connectivity index (χ1n) is 10.6. The van der Waals surface area contributed by atoms with E-state index in [0.29, 0.717) is 17.5 Å². The van der Waals surface area contributed by atoms with Crippen molar-refractivity contribution in [3.63, 3.8) is 0 Å². The van der Waals surface area contributed by atoms with E-state index in [1.807, 2.05) is 69.5 Å². The van der Waals surface area contributed by atoms with Crippen LogP contribution in [0.4, 0.5) is 5.69 Å². The lowest BCUT2D eigenvalue weighted by Crippen LogP contribution is -2.16. The van der Waals surface area contributed by atoms with E-state index in [0.717, 1.165) is 33.7 Å². The first-order chi connectivity index (χ1) is 15.3. The summed E-state index contributed by atoms with van der Waals surface area (Å²) >= 11 is 1.35. The van der Waals surface area contributed by atoms with Crippen molar-refractivity contribution in [3.8, 4) is 5.75 Å². The summed E-state index contributed by atoms with van der Waals surface area (Å²) in [5, 5.41) is 12.3. The van der Waals surface area contributed by atoms with Crippen molar-refractivity contribution in [3.05, 3.63) is 77.1 Å². The lowest BCUT2D eigenvalue weighted by molar-refractivity contribution is -0.113. The van der Waals surface area contributed by atoms with Crippen molar-refractivity contribution in [2.75, 3.05) is 11.1 Å². The van der Waals surface area contributed by atoms with Crippen LogP contribution in [-0.4, -0.2) is 26.4 Å². The highest BCUT2D eigenvalue weighted by Crippen LogP contribution is 2.26. The van der Waals surface area contributed by atoms with Crippen molar-refractivity contribution in [1.82, 2.24) is 14.8 Å². The van der Waals surface area contributed by atoms with Crippen LogP contribution in [0.1, 0.15) is 41.1 Å². The van der Waals surface area contributed by atoms with Gasteiger partial charge >= 0.3 is 0 Å². The number of allylic oxidation sites excluding steroid dienone is 1. The molecule has 0 bridgehead atoms. The molecule has 0 saturated heterocycles. The van der Waals surface area contributed by atoms with Crippen LogP contribution in [-0.2, 0) is 11.3 Å². The second kappa shape index (κ2) is 10.5. The molecule has 1 amide bonds. The summed E-state index contributed by atoms with van der Waals surface area (Å²) in [6, 6.07) is 12.1. The molecule has 168 valence electrons. The number of carbonyl (C=O) groups is 1. The third-order valence-corrected chi connectivity index (χ3v) is 5.88. The molecule has 7 heteroatoms. The van der Waals surface area contributed by atoms with Crippen molar-refractivity contribution in [1.29, 1.82) is 0 Å². The number of rotatable bonds is 9. The highest BCUT2D eigenvalue weighted by molar-refractivity contribution is 7.99. The Hall–Kier alpha value is -3.06. The van der Waals surface area contributed by atoms with Gasteiger partial charge in [0.1, 0.15) is 5.75 Å². The van der Waals surface area contributed by atoms with E-state index in [1.54, 1.807) is 6.08 Å². The molecule has 1 heterocycles. The Kier molecular flexibility index (Phi) is 7.75. The standard InChI is InChI=1S/C25H30N4O2S/c1-7-10-29-24(20(6)31-21-13-17(3)11-18(4)14-21)27-28-25(29)32-15-23(30)26-22-9-8-16(2)12-19(22)5/h7-9,11-14,20H,1,10,15H2,2-6H3,(H,26,30). The number of carbonyl (C=O) groups excluding carboxylic acids is 1. The molecular weight excluding hydrogens is 420 g/mol. The Morgan fingerprint density at radius 3 is 2.50 bits per heavy atom. The second-order valence-corrected chi connectivity index (χ2v) is 8.92. The average molecular weight is 451 g/mol. The molecule has 0 aliphatic rings. The summed E-state index contributed by atoms with van der Waals surface area (Å²) in [5.74, 6) is 1.64. The number of aryl methyl sites for hydroxylation is 4. The molecule has 6 nitrogen and oxygen atoms in total. The molecule has 0 aliphatic carbocycles. The fourth-order valence-corrected chi connectivity index (χ4v) is 4.29. The monoisotopic (exact) mass is 450 g/mol. The number of aromatic nitrogens is 3. The summed E-state index contributed by atoms with van der Waals surface area (Å²) in [4.78, 5) is 12.5. The fraction of sp³-hybridized carbons (Fsp3) is 0.320. The molecule has 0 radical (unpaired) electrons. The Balaban J connectivity index is 1.69. The maximum Gasteiger partial charge on any atom is 0.234 e. The van der Waals surface area contributed by atoms with Gasteiger partial charge in [0.25, 0.3) is 0 Å². The Labute approximate surface area is 194 Å². The van der Waals surface area contributed by atoms with Crippen molar-refractivity contribution >= 4 is 23.4 Å². The van der Waals surface area contributed by atoms with Gasteiger partial charge in [-0.15, -0.1) is 16.8 Å². The number of ether oxygens (including phenoxy) is 1. The summed E-state index contributed by atoms with van der Waals surface area (Å²) in [5.41, 5.74) is 5.32. The molecule has 0 fully saturated rings. The molecular formula is C25H30N4O2S. The van der Waals surface area contributed by atoms with Crippen LogP contribution >= 0.6 is 11.8 Å². The molecule has 2 aromatic carbocycles. The number of anilines is 1. The smallest absolute Gasteiger partial charge is 0.234 e. The van der Waals surface area contributed by atoms with E-state index >= 15 is 0 Å². The third-order valence-electron chi connectivity index (χ3n) is 4.92. The molecule has 3 aromatic rings. The van der Waals surface area contributed by atoms with Gasteiger partial charge in [0.05, 0.1) is 5.75 Å². The predicted octanol–water partition coefficient (Wildman–Crippen LogP) is 5.57. The number of nitrogens with zero attached hydrogens (tertiary/aromatic N) is 3. The first-order valence-corrected chi connectivity index (χ1v) is 11.5. The zero-order valence-corrected chi connectivity index (χ0v) is 20.1. The minimum atomic E-state index is -0.304. The number of benzene rings is 2. The van der Waals surface area contributed by atoms with E-state index in [-0.39, 0.29) is 17.8 Å². The summed E-state index contributed by atoms with van der Waals surface area (Å²) in [7, 11) is 0. The van der Waals surface area contributed by atoms with E-state index in [1.165, 1.54) is 11.8 Å². The van der Waals surface area contributed by atoms with Gasteiger partial charge < -0.3 is 10.1 Å². The molecule has 1 unspecified atom stereocenters. The molecule has 0 spiro atoms. The third kappa shape index (κ3) is 6.01. The number of thioether (sulfide) groups is 1. The van der Waals surface area contributed by atoms with Crippen LogP contribution in [0.2, 0.25) is 0 Å². The zero-order valence-electron chi connectivity index (χ0n) is 19.3. The van der Waals surface area contributed by atoms with Gasteiger partial charge in [0.15, 0.2) is 17.1 Å². The van der Waals surface area contributed by atoms with Crippen LogP contribution in [0.25, 0.3) is 0 Å².